The van der Waals surface area contributed by atoms with Crippen LogP contribution in [0.15, 0.2) is 18.2 Å². The third-order valence-electron chi connectivity index (χ3n) is 2.71. The zero-order valence-corrected chi connectivity index (χ0v) is 12.4. The van der Waals surface area contributed by atoms with Crippen molar-refractivity contribution in [1.82, 2.24) is 4.90 Å². The summed E-state index contributed by atoms with van der Waals surface area (Å²) in [5.74, 6) is -1.44. The van der Waals surface area contributed by atoms with E-state index in [-0.39, 0.29) is 17.2 Å². The van der Waals surface area contributed by atoms with Gasteiger partial charge in [-0.05, 0) is 18.1 Å². The van der Waals surface area contributed by atoms with Crippen LogP contribution in [0.4, 0.5) is 4.39 Å². The van der Waals surface area contributed by atoms with E-state index < -0.39 is 11.7 Å². The van der Waals surface area contributed by atoms with E-state index in [1.54, 1.807) is 0 Å². The molecule has 1 aromatic rings. The van der Waals surface area contributed by atoms with Crippen molar-refractivity contribution in [3.8, 4) is 5.75 Å². The number of benzene rings is 1. The molecule has 1 rings (SSSR count). The molecule has 0 spiro atoms. The monoisotopic (exact) mass is 298 g/mol. The van der Waals surface area contributed by atoms with Gasteiger partial charge in [0.2, 0.25) is 0 Å². The van der Waals surface area contributed by atoms with E-state index in [2.05, 4.69) is 0 Å². The first-order chi connectivity index (χ1) is 9.32. The zero-order valence-electron chi connectivity index (χ0n) is 11.6. The second kappa shape index (κ2) is 7.19. The number of halogens is 1. The molecule has 6 heteroatoms. The van der Waals surface area contributed by atoms with Crippen LogP contribution in [0.5, 0.6) is 5.75 Å². The van der Waals surface area contributed by atoms with Gasteiger partial charge in [-0.2, -0.15) is 0 Å². The molecule has 110 valence electrons. The Labute approximate surface area is 123 Å². The summed E-state index contributed by atoms with van der Waals surface area (Å²) in [5.41, 5.74) is 5.13. The smallest absolute Gasteiger partial charge is 0.260 e. The number of nitrogens with zero attached hydrogens (tertiary/aromatic N) is 1. The first-order valence-corrected chi connectivity index (χ1v) is 6.78. The van der Waals surface area contributed by atoms with Gasteiger partial charge in [0.05, 0.1) is 4.99 Å². The minimum atomic E-state index is -0.737. The van der Waals surface area contributed by atoms with Crippen LogP contribution in [0.1, 0.15) is 30.6 Å². The molecule has 0 radical (unpaired) electrons. The standard InChI is InChI=1S/C14H19FN2O2S/c1-9(2)8-17(7-6-12(16)20)14(19)13-10(15)4-3-5-11(13)18/h3-5,9,18H,6-8H2,1-2H3,(H2,16,20). The van der Waals surface area contributed by atoms with Gasteiger partial charge < -0.3 is 15.7 Å². The number of hydrogen-bond donors (Lipinski definition) is 2. The van der Waals surface area contributed by atoms with Crippen LogP contribution >= 0.6 is 12.2 Å². The van der Waals surface area contributed by atoms with E-state index >= 15 is 0 Å². The van der Waals surface area contributed by atoms with Gasteiger partial charge in [0.15, 0.2) is 0 Å². The predicted molar refractivity (Wildman–Crippen MR) is 80.2 cm³/mol. The Morgan fingerprint density at radius 3 is 2.65 bits per heavy atom. The van der Waals surface area contributed by atoms with Gasteiger partial charge in [-0.25, -0.2) is 4.39 Å². The molecule has 4 nitrogen and oxygen atoms in total. The van der Waals surface area contributed by atoms with E-state index in [9.17, 15) is 14.3 Å². The summed E-state index contributed by atoms with van der Waals surface area (Å²) in [5, 5.41) is 9.68. The van der Waals surface area contributed by atoms with Gasteiger partial charge in [-0.15, -0.1) is 0 Å². The van der Waals surface area contributed by atoms with Gasteiger partial charge in [-0.3, -0.25) is 4.79 Å². The van der Waals surface area contributed by atoms with Crippen molar-refractivity contribution < 1.29 is 14.3 Å². The van der Waals surface area contributed by atoms with E-state index in [4.69, 9.17) is 18.0 Å². The largest absolute Gasteiger partial charge is 0.507 e. The van der Waals surface area contributed by atoms with Crippen molar-refractivity contribution in [3.05, 3.63) is 29.6 Å². The highest BCUT2D eigenvalue weighted by Crippen LogP contribution is 2.22. The van der Waals surface area contributed by atoms with Crippen molar-refractivity contribution in [2.75, 3.05) is 13.1 Å². The Bertz CT molecular complexity index is 486. The lowest BCUT2D eigenvalue weighted by Crippen LogP contribution is -2.37. The maximum Gasteiger partial charge on any atom is 0.260 e. The SMILES string of the molecule is CC(C)CN(CCC(N)=S)C(=O)c1c(O)cccc1F. The highest BCUT2D eigenvalue weighted by molar-refractivity contribution is 7.80. The van der Waals surface area contributed by atoms with Crippen molar-refractivity contribution in [2.45, 2.75) is 20.3 Å². The second-order valence-corrected chi connectivity index (χ2v) is 5.52. The van der Waals surface area contributed by atoms with Crippen LogP contribution in [-0.4, -0.2) is 34.0 Å². The molecule has 0 fully saturated rings. The second-order valence-electron chi connectivity index (χ2n) is 5.00. The predicted octanol–water partition coefficient (Wildman–Crippen LogP) is 2.31. The molecule has 0 heterocycles. The van der Waals surface area contributed by atoms with E-state index in [1.165, 1.54) is 17.0 Å². The Kier molecular flexibility index (Phi) is 5.88. The van der Waals surface area contributed by atoms with Gasteiger partial charge in [0.1, 0.15) is 17.1 Å². The molecule has 1 aromatic carbocycles. The molecular formula is C14H19FN2O2S. The number of hydrogen-bond acceptors (Lipinski definition) is 3. The highest BCUT2D eigenvalue weighted by atomic mass is 32.1. The molecule has 0 saturated heterocycles. The molecule has 0 aliphatic heterocycles. The van der Waals surface area contributed by atoms with Crippen molar-refractivity contribution in [2.24, 2.45) is 11.7 Å². The number of carbonyl (C=O) groups excluding carboxylic acids is 1. The van der Waals surface area contributed by atoms with Crippen LogP contribution in [-0.2, 0) is 0 Å². The molecule has 0 atom stereocenters. The normalized spacial score (nSPS) is 10.6. The summed E-state index contributed by atoms with van der Waals surface area (Å²) in [6.45, 7) is 4.64. The molecular weight excluding hydrogens is 279 g/mol. The van der Waals surface area contributed by atoms with E-state index in [0.29, 0.717) is 24.5 Å². The number of phenolic OH excluding ortho intramolecular Hbond substituents is 1. The number of phenols is 1. The van der Waals surface area contributed by atoms with E-state index in [1.807, 2.05) is 13.8 Å². The van der Waals surface area contributed by atoms with Crippen LogP contribution in [0.3, 0.4) is 0 Å². The minimum Gasteiger partial charge on any atom is -0.507 e. The number of carbonyl (C=O) groups is 1. The number of nitrogens with two attached hydrogens (primary N) is 1. The van der Waals surface area contributed by atoms with Gasteiger partial charge in [-0.1, -0.05) is 32.1 Å². The molecule has 20 heavy (non-hydrogen) atoms. The van der Waals surface area contributed by atoms with Crippen molar-refractivity contribution >= 4 is 23.1 Å². The average molecular weight is 298 g/mol. The lowest BCUT2D eigenvalue weighted by atomic mass is 10.1. The highest BCUT2D eigenvalue weighted by Gasteiger charge is 2.23. The first-order valence-electron chi connectivity index (χ1n) is 6.38. The summed E-state index contributed by atoms with van der Waals surface area (Å²) < 4.78 is 13.7. The Morgan fingerprint density at radius 1 is 1.50 bits per heavy atom. The molecule has 0 unspecified atom stereocenters. The summed E-state index contributed by atoms with van der Waals surface area (Å²) in [6, 6.07) is 3.79. The Morgan fingerprint density at radius 2 is 2.15 bits per heavy atom. The number of aromatic hydroxyl groups is 1. The fraction of sp³-hybridized carbons (Fsp3) is 0.429. The topological polar surface area (TPSA) is 66.6 Å². The molecule has 0 saturated carbocycles. The van der Waals surface area contributed by atoms with Crippen LogP contribution < -0.4 is 5.73 Å². The Balaban J connectivity index is 3.00. The third-order valence-corrected chi connectivity index (χ3v) is 2.91. The van der Waals surface area contributed by atoms with Gasteiger partial charge in [0, 0.05) is 19.5 Å². The number of rotatable bonds is 6. The fourth-order valence-corrected chi connectivity index (χ4v) is 1.94. The van der Waals surface area contributed by atoms with Crippen LogP contribution in [0, 0.1) is 11.7 Å². The molecule has 0 aliphatic rings. The quantitative estimate of drug-likeness (QED) is 0.791. The summed E-state index contributed by atoms with van der Waals surface area (Å²) in [4.78, 5) is 14.1. The molecule has 1 amide bonds. The third kappa shape index (κ3) is 4.45. The minimum absolute atomic E-state index is 0.208. The molecule has 0 aliphatic carbocycles. The molecule has 0 aromatic heterocycles. The number of thiocarbonyl (C=S) groups is 1. The summed E-state index contributed by atoms with van der Waals surface area (Å²) in [6.07, 6.45) is 0.364. The fourth-order valence-electron chi connectivity index (χ4n) is 1.84. The average Bonchev–Trinajstić information content (AvgIpc) is 2.33. The lowest BCUT2D eigenvalue weighted by Gasteiger charge is -2.25. The molecule has 0 bridgehead atoms. The van der Waals surface area contributed by atoms with Crippen LogP contribution in [0.25, 0.3) is 0 Å². The lowest BCUT2D eigenvalue weighted by molar-refractivity contribution is 0.0733. The summed E-state index contributed by atoms with van der Waals surface area (Å²) in [7, 11) is 0. The number of amides is 1. The van der Waals surface area contributed by atoms with Gasteiger partial charge >= 0.3 is 0 Å². The summed E-state index contributed by atoms with van der Waals surface area (Å²) >= 11 is 4.80. The van der Waals surface area contributed by atoms with Gasteiger partial charge in [0.25, 0.3) is 5.91 Å². The van der Waals surface area contributed by atoms with E-state index in [0.717, 1.165) is 6.07 Å². The first kappa shape index (κ1) is 16.4. The van der Waals surface area contributed by atoms with Crippen molar-refractivity contribution in [1.29, 1.82) is 0 Å². The maximum absolute atomic E-state index is 13.7. The molecule has 3 N–H and O–H groups in total. The maximum atomic E-state index is 13.7. The van der Waals surface area contributed by atoms with Crippen LogP contribution in [0.2, 0.25) is 0 Å². The Hall–Kier alpha value is -1.69. The van der Waals surface area contributed by atoms with Crippen molar-refractivity contribution in [3.63, 3.8) is 0 Å². The zero-order chi connectivity index (χ0) is 15.3.